The zero-order valence-corrected chi connectivity index (χ0v) is 25.5. The Bertz CT molecular complexity index is 1210. The lowest BCUT2D eigenvalue weighted by atomic mass is 9.93. The molecule has 3 rings (SSSR count). The lowest BCUT2D eigenvalue weighted by Gasteiger charge is -2.24. The van der Waals surface area contributed by atoms with E-state index >= 15 is 0 Å². The number of rotatable bonds is 8. The number of hydrogen-bond donors (Lipinski definition) is 0. The number of anilines is 1. The number of imide groups is 1. The van der Waals surface area contributed by atoms with Gasteiger partial charge in [0.25, 0.3) is 11.8 Å². The van der Waals surface area contributed by atoms with Crippen molar-refractivity contribution in [3.8, 4) is 0 Å². The molecule has 0 radical (unpaired) electrons. The van der Waals surface area contributed by atoms with Crippen LogP contribution in [0.2, 0.25) is 0 Å². The SMILES string of the molecule is CCC(Cc1c(I)cc(I)c(N2C(=O)C3=C(CCCC3)C2=O)c1I)C(=O)OCC(F)(F)S(=O)(=O)[O-]. The fourth-order valence-electron chi connectivity index (χ4n) is 3.94. The number of amides is 2. The monoisotopic (exact) mass is 848 g/mol. The van der Waals surface area contributed by atoms with Gasteiger partial charge in [0.15, 0.2) is 16.7 Å². The molecule has 192 valence electrons. The van der Waals surface area contributed by atoms with Crippen LogP contribution in [0.4, 0.5) is 14.5 Å². The second kappa shape index (κ2) is 11.1. The summed E-state index contributed by atoms with van der Waals surface area (Å²) in [6, 6.07) is 1.77. The first-order valence-corrected chi connectivity index (χ1v) is 15.1. The molecule has 0 aromatic heterocycles. The number of alkyl halides is 2. The average molecular weight is 848 g/mol. The smallest absolute Gasteiger partial charge is 0.367 e. The molecule has 1 unspecified atom stereocenters. The Hall–Kier alpha value is -0.470. The highest BCUT2D eigenvalue weighted by atomic mass is 127. The van der Waals surface area contributed by atoms with Gasteiger partial charge in [0.1, 0.15) is 0 Å². The molecular weight excluding hydrogens is 829 g/mol. The lowest BCUT2D eigenvalue weighted by molar-refractivity contribution is -0.154. The van der Waals surface area contributed by atoms with Crippen LogP contribution in [0.5, 0.6) is 0 Å². The molecule has 1 aromatic rings. The molecule has 8 nitrogen and oxygen atoms in total. The summed E-state index contributed by atoms with van der Waals surface area (Å²) in [5, 5.41) is -4.73. The van der Waals surface area contributed by atoms with Gasteiger partial charge in [0.2, 0.25) is 0 Å². The predicted octanol–water partition coefficient (Wildman–Crippen LogP) is 4.49. The van der Waals surface area contributed by atoms with Gasteiger partial charge in [-0.1, -0.05) is 6.92 Å². The second-order valence-corrected chi connectivity index (χ2v) is 13.0. The molecule has 0 fully saturated rings. The summed E-state index contributed by atoms with van der Waals surface area (Å²) in [6.45, 7) is -0.235. The number of carbonyl (C=O) groups excluding carboxylic acids is 3. The van der Waals surface area contributed by atoms with Gasteiger partial charge < -0.3 is 9.29 Å². The van der Waals surface area contributed by atoms with Crippen LogP contribution in [0.15, 0.2) is 17.2 Å². The van der Waals surface area contributed by atoms with Crippen LogP contribution in [-0.4, -0.2) is 42.6 Å². The lowest BCUT2D eigenvalue weighted by Crippen LogP contribution is -2.36. The van der Waals surface area contributed by atoms with E-state index in [1.54, 1.807) is 13.0 Å². The number of ether oxygens (including phenoxy) is 1. The van der Waals surface area contributed by atoms with Gasteiger partial charge in [0, 0.05) is 21.9 Å². The van der Waals surface area contributed by atoms with E-state index in [-0.39, 0.29) is 24.7 Å². The molecule has 2 amide bonds. The quantitative estimate of drug-likeness (QED) is 0.164. The van der Waals surface area contributed by atoms with E-state index in [4.69, 9.17) is 0 Å². The summed E-state index contributed by atoms with van der Waals surface area (Å²) in [7, 11) is -5.98. The standard InChI is InChI=1S/C21H20F2I3NO7S/c1-2-10(20(30)34-9-21(22,23)35(31,32)33)7-13-14(24)8-15(25)17(16(13)26)27-18(28)11-5-3-4-6-12(11)19(27)29/h8,10H,2-7,9H2,1H3,(H,31,32,33)/p-1. The van der Waals surface area contributed by atoms with Crippen molar-refractivity contribution < 1.29 is 40.9 Å². The van der Waals surface area contributed by atoms with Crippen LogP contribution in [0, 0.1) is 16.6 Å². The maximum absolute atomic E-state index is 13.4. The fourth-order valence-corrected chi connectivity index (χ4v) is 8.44. The topological polar surface area (TPSA) is 121 Å². The van der Waals surface area contributed by atoms with E-state index in [1.807, 2.05) is 45.2 Å². The van der Waals surface area contributed by atoms with Crippen molar-refractivity contribution in [1.29, 1.82) is 0 Å². The molecule has 1 atom stereocenters. The van der Waals surface area contributed by atoms with Crippen molar-refractivity contribution in [2.75, 3.05) is 11.5 Å². The van der Waals surface area contributed by atoms with Crippen molar-refractivity contribution in [3.05, 3.63) is 33.5 Å². The molecule has 1 aliphatic carbocycles. The third kappa shape index (κ3) is 5.84. The highest BCUT2D eigenvalue weighted by Crippen LogP contribution is 2.41. The Morgan fingerprint density at radius 3 is 2.17 bits per heavy atom. The number of hydrogen-bond acceptors (Lipinski definition) is 7. The third-order valence-corrected chi connectivity index (χ3v) is 9.68. The second-order valence-electron chi connectivity index (χ2n) is 8.10. The first kappa shape index (κ1) is 29.1. The van der Waals surface area contributed by atoms with Gasteiger partial charge >= 0.3 is 11.2 Å². The fraction of sp³-hybridized carbons (Fsp3) is 0.476. The normalized spacial score (nSPS) is 17.6. The molecule has 1 heterocycles. The minimum atomic E-state index is -5.98. The summed E-state index contributed by atoms with van der Waals surface area (Å²) in [5.74, 6) is -2.69. The highest BCUT2D eigenvalue weighted by molar-refractivity contribution is 14.1. The van der Waals surface area contributed by atoms with Crippen molar-refractivity contribution in [2.24, 2.45) is 5.92 Å². The van der Waals surface area contributed by atoms with Crippen molar-refractivity contribution in [2.45, 2.75) is 50.7 Å². The van der Waals surface area contributed by atoms with E-state index < -0.39 is 33.9 Å². The number of benzene rings is 1. The van der Waals surface area contributed by atoms with E-state index in [0.29, 0.717) is 42.4 Å². The molecule has 2 aliphatic rings. The Kier molecular flexibility index (Phi) is 9.23. The van der Waals surface area contributed by atoms with Gasteiger partial charge in [0.05, 0.1) is 11.6 Å². The van der Waals surface area contributed by atoms with Crippen molar-refractivity contribution in [1.82, 2.24) is 0 Å². The van der Waals surface area contributed by atoms with Crippen molar-refractivity contribution in [3.63, 3.8) is 0 Å². The third-order valence-electron chi connectivity index (χ3n) is 5.88. The first-order valence-electron chi connectivity index (χ1n) is 10.5. The van der Waals surface area contributed by atoms with Gasteiger partial charge in [-0.3, -0.25) is 14.4 Å². The molecule has 0 saturated heterocycles. The zero-order chi connectivity index (χ0) is 26.3. The average Bonchev–Trinajstić information content (AvgIpc) is 3.02. The summed E-state index contributed by atoms with van der Waals surface area (Å²) < 4.78 is 65.3. The first-order chi connectivity index (χ1) is 16.2. The van der Waals surface area contributed by atoms with Crippen LogP contribution in [0.3, 0.4) is 0 Å². The number of nitrogens with zero attached hydrogens (tertiary/aromatic N) is 1. The Morgan fingerprint density at radius 1 is 1.14 bits per heavy atom. The minimum Gasteiger partial charge on any atom is -0.743 e. The maximum atomic E-state index is 13.4. The Morgan fingerprint density at radius 2 is 1.69 bits per heavy atom. The molecule has 0 N–H and O–H groups in total. The van der Waals surface area contributed by atoms with Gasteiger partial charge in [-0.15, -0.1) is 0 Å². The van der Waals surface area contributed by atoms with Crippen LogP contribution in [-0.2, 0) is 35.7 Å². The van der Waals surface area contributed by atoms with Gasteiger partial charge in [-0.25, -0.2) is 13.3 Å². The predicted molar refractivity (Wildman–Crippen MR) is 146 cm³/mol. The summed E-state index contributed by atoms with van der Waals surface area (Å²) in [6.07, 6.45) is 2.99. The molecule has 1 aliphatic heterocycles. The molecule has 0 spiro atoms. The zero-order valence-electron chi connectivity index (χ0n) is 18.2. The van der Waals surface area contributed by atoms with Crippen LogP contribution in [0.25, 0.3) is 0 Å². The molecule has 0 saturated carbocycles. The number of esters is 1. The van der Waals surface area contributed by atoms with E-state index in [9.17, 15) is 36.1 Å². The Balaban J connectivity index is 1.89. The molecule has 35 heavy (non-hydrogen) atoms. The van der Waals surface area contributed by atoms with Crippen LogP contribution >= 0.6 is 67.8 Å². The number of halogens is 5. The maximum Gasteiger partial charge on any atom is 0.367 e. The molecule has 1 aromatic carbocycles. The van der Waals surface area contributed by atoms with E-state index in [1.165, 1.54) is 4.90 Å². The largest absolute Gasteiger partial charge is 0.743 e. The summed E-state index contributed by atoms with van der Waals surface area (Å²) in [5.41, 5.74) is 2.12. The summed E-state index contributed by atoms with van der Waals surface area (Å²) in [4.78, 5) is 39.9. The molecule has 0 bridgehead atoms. The van der Waals surface area contributed by atoms with E-state index in [2.05, 4.69) is 27.3 Å². The Labute approximate surface area is 241 Å². The van der Waals surface area contributed by atoms with Gasteiger partial charge in [-0.05, 0) is 118 Å². The number of carbonyl (C=O) groups is 3. The summed E-state index contributed by atoms with van der Waals surface area (Å²) >= 11 is 6.10. The highest BCUT2D eigenvalue weighted by Gasteiger charge is 2.42. The molecule has 14 heteroatoms. The van der Waals surface area contributed by atoms with Crippen LogP contribution < -0.4 is 4.90 Å². The van der Waals surface area contributed by atoms with Crippen LogP contribution in [0.1, 0.15) is 44.6 Å². The molecular formula is C21H19F2I3NO7S-. The van der Waals surface area contributed by atoms with Gasteiger partial charge in [-0.2, -0.15) is 8.78 Å². The van der Waals surface area contributed by atoms with Crippen molar-refractivity contribution >= 4 is 101 Å². The minimum absolute atomic E-state index is 0.0366. The van der Waals surface area contributed by atoms with E-state index in [0.717, 1.165) is 16.4 Å².